The summed E-state index contributed by atoms with van der Waals surface area (Å²) in [5.41, 5.74) is 1.97. The Balaban J connectivity index is 2.21. The van der Waals surface area contributed by atoms with Crippen molar-refractivity contribution in [2.24, 2.45) is 0 Å². The molecule has 0 saturated heterocycles. The molecule has 2 aromatic heterocycles. The third-order valence-corrected chi connectivity index (χ3v) is 4.29. The number of hydrogen-bond acceptors (Lipinski definition) is 4. The van der Waals surface area contributed by atoms with E-state index in [4.69, 9.17) is 5.11 Å². The number of ketones is 1. The van der Waals surface area contributed by atoms with Gasteiger partial charge in [-0.15, -0.1) is 11.3 Å². The standard InChI is InChI=1S/C16H14N2O3S/c1-2-13(19)10-5-6-12-11(8-10)17-16(14-4-3-7-22-14)18(12)9-15(20)21/h3-8H,2,9H2,1H3,(H,20,21). The molecule has 1 N–H and O–H groups in total. The number of carboxylic acid groups (broad SMARTS) is 1. The van der Waals surface area contributed by atoms with Gasteiger partial charge >= 0.3 is 5.97 Å². The van der Waals surface area contributed by atoms with Crippen LogP contribution in [0.4, 0.5) is 0 Å². The van der Waals surface area contributed by atoms with E-state index in [1.807, 2.05) is 24.4 Å². The van der Waals surface area contributed by atoms with Crippen molar-refractivity contribution >= 4 is 34.1 Å². The third kappa shape index (κ3) is 2.53. The van der Waals surface area contributed by atoms with Crippen LogP contribution in [0.1, 0.15) is 23.7 Å². The molecule has 2 heterocycles. The van der Waals surface area contributed by atoms with Gasteiger partial charge in [-0.1, -0.05) is 13.0 Å². The van der Waals surface area contributed by atoms with Gasteiger partial charge in [-0.3, -0.25) is 9.59 Å². The van der Waals surface area contributed by atoms with Crippen LogP contribution in [-0.2, 0) is 11.3 Å². The Bertz CT molecular complexity index is 850. The molecular weight excluding hydrogens is 300 g/mol. The minimum atomic E-state index is -0.925. The molecule has 0 aliphatic rings. The van der Waals surface area contributed by atoms with Crippen LogP contribution in [0.5, 0.6) is 0 Å². The zero-order valence-electron chi connectivity index (χ0n) is 11.9. The topological polar surface area (TPSA) is 72.2 Å². The Kier molecular flexibility index (Phi) is 3.77. The lowest BCUT2D eigenvalue weighted by Gasteiger charge is -2.05. The molecule has 3 rings (SSSR count). The second kappa shape index (κ2) is 5.73. The number of carbonyl (C=O) groups is 2. The molecule has 6 heteroatoms. The number of hydrogen-bond donors (Lipinski definition) is 1. The van der Waals surface area contributed by atoms with Crippen molar-refractivity contribution in [3.05, 3.63) is 41.3 Å². The third-order valence-electron chi connectivity index (χ3n) is 3.43. The predicted octanol–water partition coefficient (Wildman–Crippen LogP) is 3.44. The summed E-state index contributed by atoms with van der Waals surface area (Å²) in [7, 11) is 0. The number of carbonyl (C=O) groups excluding carboxylic acids is 1. The number of fused-ring (bicyclic) bond motifs is 1. The summed E-state index contributed by atoms with van der Waals surface area (Å²) in [5.74, 6) is -0.258. The van der Waals surface area contributed by atoms with E-state index in [-0.39, 0.29) is 12.3 Å². The lowest BCUT2D eigenvalue weighted by Crippen LogP contribution is -2.09. The summed E-state index contributed by atoms with van der Waals surface area (Å²) < 4.78 is 1.67. The van der Waals surface area contributed by atoms with Crippen LogP contribution in [0.15, 0.2) is 35.7 Å². The van der Waals surface area contributed by atoms with Crippen molar-refractivity contribution in [2.75, 3.05) is 0 Å². The number of carboxylic acids is 1. The SMILES string of the molecule is CCC(=O)c1ccc2c(c1)nc(-c1cccs1)n2CC(=O)O. The number of Topliss-reactive ketones (excluding diaryl/α,β-unsaturated/α-hetero) is 1. The lowest BCUT2D eigenvalue weighted by molar-refractivity contribution is -0.137. The number of nitrogens with zero attached hydrogens (tertiary/aromatic N) is 2. The van der Waals surface area contributed by atoms with Gasteiger partial charge in [-0.05, 0) is 29.6 Å². The monoisotopic (exact) mass is 314 g/mol. The number of thiophene rings is 1. The van der Waals surface area contributed by atoms with Crippen molar-refractivity contribution in [1.29, 1.82) is 0 Å². The van der Waals surface area contributed by atoms with Crippen LogP contribution in [0, 0.1) is 0 Å². The summed E-state index contributed by atoms with van der Waals surface area (Å²) >= 11 is 1.50. The summed E-state index contributed by atoms with van der Waals surface area (Å²) in [5, 5.41) is 11.1. The van der Waals surface area contributed by atoms with Gasteiger partial charge in [0.05, 0.1) is 15.9 Å². The quantitative estimate of drug-likeness (QED) is 0.732. The summed E-state index contributed by atoms with van der Waals surface area (Å²) in [6.07, 6.45) is 0.430. The van der Waals surface area contributed by atoms with Crippen LogP contribution in [0.3, 0.4) is 0 Å². The maximum Gasteiger partial charge on any atom is 0.323 e. The van der Waals surface area contributed by atoms with Gasteiger partial charge in [0.25, 0.3) is 0 Å². The Morgan fingerprint density at radius 3 is 2.77 bits per heavy atom. The highest BCUT2D eigenvalue weighted by Gasteiger charge is 2.16. The van der Waals surface area contributed by atoms with Gasteiger partial charge in [0, 0.05) is 12.0 Å². The second-order valence-electron chi connectivity index (χ2n) is 4.87. The molecule has 0 spiro atoms. The van der Waals surface area contributed by atoms with Gasteiger partial charge in [0.1, 0.15) is 6.54 Å². The fraction of sp³-hybridized carbons (Fsp3) is 0.188. The minimum absolute atomic E-state index is 0.0485. The number of aromatic nitrogens is 2. The molecule has 0 aliphatic carbocycles. The smallest absolute Gasteiger partial charge is 0.323 e. The fourth-order valence-electron chi connectivity index (χ4n) is 2.40. The first-order valence-electron chi connectivity index (χ1n) is 6.89. The summed E-state index contributed by atoms with van der Waals surface area (Å²) in [6.45, 7) is 1.65. The van der Waals surface area contributed by atoms with Gasteiger partial charge in [0.15, 0.2) is 11.6 Å². The van der Waals surface area contributed by atoms with E-state index in [0.29, 0.717) is 23.3 Å². The Hall–Kier alpha value is -2.47. The molecule has 0 radical (unpaired) electrons. The number of benzene rings is 1. The fourth-order valence-corrected chi connectivity index (χ4v) is 3.12. The van der Waals surface area contributed by atoms with E-state index >= 15 is 0 Å². The van der Waals surface area contributed by atoms with Gasteiger partial charge < -0.3 is 9.67 Å². The molecule has 22 heavy (non-hydrogen) atoms. The minimum Gasteiger partial charge on any atom is -0.480 e. The normalized spacial score (nSPS) is 11.0. The molecule has 0 bridgehead atoms. The van der Waals surface area contributed by atoms with Gasteiger partial charge in [-0.25, -0.2) is 4.98 Å². The van der Waals surface area contributed by atoms with Crippen molar-refractivity contribution in [3.8, 4) is 10.7 Å². The summed E-state index contributed by atoms with van der Waals surface area (Å²) in [6, 6.07) is 9.03. The van der Waals surface area contributed by atoms with E-state index in [1.54, 1.807) is 22.8 Å². The van der Waals surface area contributed by atoms with Crippen LogP contribution in [-0.4, -0.2) is 26.4 Å². The van der Waals surface area contributed by atoms with E-state index in [2.05, 4.69) is 4.98 Å². The Morgan fingerprint density at radius 2 is 2.14 bits per heavy atom. The first-order chi connectivity index (χ1) is 10.6. The highest BCUT2D eigenvalue weighted by Crippen LogP contribution is 2.28. The van der Waals surface area contributed by atoms with E-state index in [9.17, 15) is 9.59 Å². The van der Waals surface area contributed by atoms with E-state index in [1.165, 1.54) is 11.3 Å². The van der Waals surface area contributed by atoms with Gasteiger partial charge in [-0.2, -0.15) is 0 Å². The maximum atomic E-state index is 11.8. The second-order valence-corrected chi connectivity index (χ2v) is 5.82. The Morgan fingerprint density at radius 1 is 1.32 bits per heavy atom. The average Bonchev–Trinajstić information content (AvgIpc) is 3.13. The van der Waals surface area contributed by atoms with Crippen molar-refractivity contribution in [3.63, 3.8) is 0 Å². The average molecular weight is 314 g/mol. The molecule has 0 unspecified atom stereocenters. The number of rotatable bonds is 5. The van der Waals surface area contributed by atoms with Crippen LogP contribution in [0.25, 0.3) is 21.7 Å². The zero-order valence-corrected chi connectivity index (χ0v) is 12.8. The van der Waals surface area contributed by atoms with Gasteiger partial charge in [0.2, 0.25) is 0 Å². The molecule has 3 aromatic rings. The zero-order chi connectivity index (χ0) is 15.7. The molecule has 1 aromatic carbocycles. The number of imidazole rings is 1. The lowest BCUT2D eigenvalue weighted by atomic mass is 10.1. The van der Waals surface area contributed by atoms with Crippen molar-refractivity contribution < 1.29 is 14.7 Å². The van der Waals surface area contributed by atoms with E-state index < -0.39 is 5.97 Å². The van der Waals surface area contributed by atoms with Crippen molar-refractivity contribution in [2.45, 2.75) is 19.9 Å². The van der Waals surface area contributed by atoms with E-state index in [0.717, 1.165) is 10.4 Å². The van der Waals surface area contributed by atoms with Crippen molar-refractivity contribution in [1.82, 2.24) is 9.55 Å². The molecular formula is C16H14N2O3S. The molecule has 0 saturated carbocycles. The van der Waals surface area contributed by atoms with Crippen LogP contribution >= 0.6 is 11.3 Å². The molecule has 112 valence electrons. The largest absolute Gasteiger partial charge is 0.480 e. The molecule has 0 aliphatic heterocycles. The maximum absolute atomic E-state index is 11.8. The Labute approximate surface area is 130 Å². The molecule has 5 nitrogen and oxygen atoms in total. The predicted molar refractivity (Wildman–Crippen MR) is 85.3 cm³/mol. The summed E-state index contributed by atoms with van der Waals surface area (Å²) in [4.78, 5) is 28.4. The van der Waals surface area contributed by atoms with Crippen LogP contribution in [0.2, 0.25) is 0 Å². The number of aliphatic carboxylic acids is 1. The molecule has 0 amide bonds. The highest BCUT2D eigenvalue weighted by molar-refractivity contribution is 7.13. The molecule has 0 atom stereocenters. The molecule has 0 fully saturated rings. The first-order valence-corrected chi connectivity index (χ1v) is 7.77. The highest BCUT2D eigenvalue weighted by atomic mass is 32.1. The van der Waals surface area contributed by atoms with Crippen LogP contribution < -0.4 is 0 Å². The first kappa shape index (κ1) is 14.5.